The van der Waals surface area contributed by atoms with Crippen molar-refractivity contribution in [2.24, 2.45) is 0 Å². The second-order valence-electron chi connectivity index (χ2n) is 5.41. The first-order valence-corrected chi connectivity index (χ1v) is 7.46. The molecule has 1 aliphatic carbocycles. The van der Waals surface area contributed by atoms with Crippen LogP contribution in [-0.4, -0.2) is 17.0 Å². The number of hydrogen-bond acceptors (Lipinski definition) is 3. The average Bonchev–Trinajstić information content (AvgIpc) is 2.45. The van der Waals surface area contributed by atoms with Crippen LogP contribution in [-0.2, 0) is 6.42 Å². The first-order chi connectivity index (χ1) is 9.80. The normalized spacial score (nSPS) is 14.9. The summed E-state index contributed by atoms with van der Waals surface area (Å²) in [6, 6.07) is 10.9. The van der Waals surface area contributed by atoms with Crippen molar-refractivity contribution >= 4 is 5.82 Å². The molecule has 0 radical (unpaired) electrons. The quantitative estimate of drug-likeness (QED) is 0.909. The Bertz CT molecular complexity index is 563. The van der Waals surface area contributed by atoms with Crippen LogP contribution in [0.5, 0.6) is 0 Å². The summed E-state index contributed by atoms with van der Waals surface area (Å²) in [5.74, 6) is 2.55. The molecule has 1 N–H and O–H groups in total. The largest absolute Gasteiger partial charge is 0.373 e. The van der Waals surface area contributed by atoms with Gasteiger partial charge in [0.15, 0.2) is 0 Å². The van der Waals surface area contributed by atoms with Crippen LogP contribution in [0.3, 0.4) is 0 Å². The van der Waals surface area contributed by atoms with Gasteiger partial charge in [-0.25, -0.2) is 9.97 Å². The Morgan fingerprint density at radius 2 is 1.90 bits per heavy atom. The molecule has 2 aromatic rings. The third-order valence-corrected chi connectivity index (χ3v) is 4.13. The summed E-state index contributed by atoms with van der Waals surface area (Å²) >= 11 is 0. The third kappa shape index (κ3) is 2.53. The van der Waals surface area contributed by atoms with E-state index in [1.165, 1.54) is 30.4 Å². The highest BCUT2D eigenvalue weighted by Gasteiger charge is 2.19. The second-order valence-corrected chi connectivity index (χ2v) is 5.41. The maximum absolute atomic E-state index is 4.63. The fourth-order valence-electron chi connectivity index (χ4n) is 2.60. The van der Waals surface area contributed by atoms with Crippen LogP contribution in [0.2, 0.25) is 0 Å². The Morgan fingerprint density at radius 1 is 1.15 bits per heavy atom. The van der Waals surface area contributed by atoms with Crippen molar-refractivity contribution in [1.29, 1.82) is 0 Å². The molecule has 0 bridgehead atoms. The Balaban J connectivity index is 1.91. The van der Waals surface area contributed by atoms with Crippen molar-refractivity contribution < 1.29 is 0 Å². The monoisotopic (exact) mass is 267 g/mol. The van der Waals surface area contributed by atoms with E-state index in [0.717, 1.165) is 29.7 Å². The maximum atomic E-state index is 4.63. The fourth-order valence-corrected chi connectivity index (χ4v) is 2.60. The Morgan fingerprint density at radius 3 is 2.45 bits per heavy atom. The van der Waals surface area contributed by atoms with Gasteiger partial charge in [-0.2, -0.15) is 0 Å². The van der Waals surface area contributed by atoms with Gasteiger partial charge in [0, 0.05) is 25.1 Å². The molecule has 0 unspecified atom stereocenters. The molecule has 0 saturated heterocycles. The highest BCUT2D eigenvalue weighted by molar-refractivity contribution is 5.63. The topological polar surface area (TPSA) is 37.8 Å². The molecule has 0 atom stereocenters. The maximum Gasteiger partial charge on any atom is 0.131 e. The molecular formula is C17H21N3. The smallest absolute Gasteiger partial charge is 0.131 e. The van der Waals surface area contributed by atoms with Crippen molar-refractivity contribution in [2.45, 2.75) is 38.5 Å². The predicted molar refractivity (Wildman–Crippen MR) is 83.0 cm³/mol. The highest BCUT2D eigenvalue weighted by Crippen LogP contribution is 2.36. The number of aryl methyl sites for hydroxylation is 1. The van der Waals surface area contributed by atoms with Crippen LogP contribution in [0.25, 0.3) is 11.3 Å². The van der Waals surface area contributed by atoms with Crippen LogP contribution >= 0.6 is 0 Å². The summed E-state index contributed by atoms with van der Waals surface area (Å²) in [5.41, 5.74) is 3.64. The summed E-state index contributed by atoms with van der Waals surface area (Å²) in [5, 5.41) is 3.11. The second kappa shape index (κ2) is 5.61. The van der Waals surface area contributed by atoms with Crippen molar-refractivity contribution in [3.05, 3.63) is 41.7 Å². The average molecular weight is 267 g/mol. The molecule has 1 fully saturated rings. The predicted octanol–water partition coefficient (Wildman–Crippen LogP) is 4.02. The molecule has 1 aliphatic rings. The number of aromatic nitrogens is 2. The molecule has 0 spiro atoms. The lowest BCUT2D eigenvalue weighted by atomic mass is 9.80. The van der Waals surface area contributed by atoms with Gasteiger partial charge in [0.05, 0.1) is 5.69 Å². The molecule has 3 nitrogen and oxygen atoms in total. The molecule has 1 aromatic carbocycles. The van der Waals surface area contributed by atoms with Gasteiger partial charge in [0.2, 0.25) is 0 Å². The van der Waals surface area contributed by atoms with Gasteiger partial charge in [-0.15, -0.1) is 0 Å². The molecule has 3 rings (SSSR count). The Kier molecular flexibility index (Phi) is 3.68. The minimum Gasteiger partial charge on any atom is -0.373 e. The van der Waals surface area contributed by atoms with Crippen LogP contribution < -0.4 is 5.32 Å². The van der Waals surface area contributed by atoms with E-state index in [1.807, 2.05) is 13.1 Å². The van der Waals surface area contributed by atoms with E-state index in [9.17, 15) is 0 Å². The van der Waals surface area contributed by atoms with E-state index in [1.54, 1.807) is 0 Å². The van der Waals surface area contributed by atoms with E-state index in [4.69, 9.17) is 0 Å². The van der Waals surface area contributed by atoms with Crippen molar-refractivity contribution in [3.63, 3.8) is 0 Å². The molecule has 20 heavy (non-hydrogen) atoms. The summed E-state index contributed by atoms with van der Waals surface area (Å²) in [4.78, 5) is 9.07. The minimum absolute atomic E-state index is 0.786. The van der Waals surface area contributed by atoms with Gasteiger partial charge >= 0.3 is 0 Å². The third-order valence-electron chi connectivity index (χ3n) is 4.13. The van der Waals surface area contributed by atoms with Gasteiger partial charge in [0.25, 0.3) is 0 Å². The molecule has 1 aromatic heterocycles. The first-order valence-electron chi connectivity index (χ1n) is 7.46. The summed E-state index contributed by atoms with van der Waals surface area (Å²) in [6.45, 7) is 2.08. The van der Waals surface area contributed by atoms with Gasteiger partial charge in [-0.1, -0.05) is 37.6 Å². The van der Waals surface area contributed by atoms with E-state index < -0.39 is 0 Å². The lowest BCUT2D eigenvalue weighted by molar-refractivity contribution is 0.420. The molecule has 0 aliphatic heterocycles. The number of hydrogen-bond donors (Lipinski definition) is 1. The van der Waals surface area contributed by atoms with Crippen molar-refractivity contribution in [1.82, 2.24) is 9.97 Å². The van der Waals surface area contributed by atoms with Gasteiger partial charge < -0.3 is 5.32 Å². The molecule has 3 heteroatoms. The van der Waals surface area contributed by atoms with Crippen molar-refractivity contribution in [3.8, 4) is 11.3 Å². The molecule has 0 amide bonds. The lowest BCUT2D eigenvalue weighted by Crippen LogP contribution is -2.08. The van der Waals surface area contributed by atoms with Crippen LogP contribution in [0.15, 0.2) is 30.3 Å². The fraction of sp³-hybridized carbons (Fsp3) is 0.412. The zero-order valence-corrected chi connectivity index (χ0v) is 12.2. The van der Waals surface area contributed by atoms with Crippen LogP contribution in [0.4, 0.5) is 5.82 Å². The standard InChI is InChI=1S/C17H21N3/c1-3-16-19-15(11-17(18-2)20-16)14-9-7-13(8-10-14)12-5-4-6-12/h7-12H,3-6H2,1-2H3,(H,18,19,20). The highest BCUT2D eigenvalue weighted by atomic mass is 15.0. The van der Waals surface area contributed by atoms with E-state index in [-0.39, 0.29) is 0 Å². The SMILES string of the molecule is CCc1nc(NC)cc(-c2ccc(C3CCC3)cc2)n1. The Labute approximate surface area is 120 Å². The van der Waals surface area contributed by atoms with Gasteiger partial charge in [0.1, 0.15) is 11.6 Å². The van der Waals surface area contributed by atoms with Gasteiger partial charge in [-0.3, -0.25) is 0 Å². The Hall–Kier alpha value is -1.90. The van der Waals surface area contributed by atoms with Crippen molar-refractivity contribution in [2.75, 3.05) is 12.4 Å². The summed E-state index contributed by atoms with van der Waals surface area (Å²) in [7, 11) is 1.89. The zero-order valence-electron chi connectivity index (χ0n) is 12.2. The molecule has 104 valence electrons. The zero-order chi connectivity index (χ0) is 13.9. The molecule has 1 saturated carbocycles. The summed E-state index contributed by atoms with van der Waals surface area (Å²) < 4.78 is 0. The van der Waals surface area contributed by atoms with E-state index >= 15 is 0 Å². The van der Waals surface area contributed by atoms with Gasteiger partial charge in [-0.05, 0) is 24.3 Å². The van der Waals surface area contributed by atoms with Crippen LogP contribution in [0, 0.1) is 0 Å². The number of nitrogens with zero attached hydrogens (tertiary/aromatic N) is 2. The minimum atomic E-state index is 0.786. The number of rotatable bonds is 4. The molecular weight excluding hydrogens is 246 g/mol. The van der Waals surface area contributed by atoms with Crippen LogP contribution in [0.1, 0.15) is 43.5 Å². The first kappa shape index (κ1) is 13.1. The number of anilines is 1. The van der Waals surface area contributed by atoms with E-state index in [2.05, 4.69) is 46.5 Å². The lowest BCUT2D eigenvalue weighted by Gasteiger charge is -2.25. The number of nitrogens with one attached hydrogen (secondary N) is 1. The number of benzene rings is 1. The van der Waals surface area contributed by atoms with E-state index in [0.29, 0.717) is 0 Å². The molecule has 1 heterocycles. The summed E-state index contributed by atoms with van der Waals surface area (Å²) in [6.07, 6.45) is 4.92.